The fourth-order valence-corrected chi connectivity index (χ4v) is 5.53. The highest BCUT2D eigenvalue weighted by Gasteiger charge is 2.28. The quantitative estimate of drug-likeness (QED) is 0.665. The molecular weight excluding hydrogens is 428 g/mol. The maximum atomic E-state index is 13.1. The minimum Gasteiger partial charge on any atom is -0.491 e. The van der Waals surface area contributed by atoms with E-state index in [0.717, 1.165) is 25.0 Å². The van der Waals surface area contributed by atoms with E-state index in [1.54, 1.807) is 41.3 Å². The van der Waals surface area contributed by atoms with Crippen LogP contribution < -0.4 is 4.74 Å². The molecule has 2 aliphatic heterocycles. The van der Waals surface area contributed by atoms with Crippen LogP contribution in [0, 0.1) is 6.92 Å². The van der Waals surface area contributed by atoms with Crippen LogP contribution in [0.1, 0.15) is 35.2 Å². The average Bonchev–Trinajstić information content (AvgIpc) is 3.19. The predicted molar refractivity (Wildman–Crippen MR) is 121 cm³/mol. The summed E-state index contributed by atoms with van der Waals surface area (Å²) in [6.07, 6.45) is 2.75. The van der Waals surface area contributed by atoms with E-state index in [2.05, 4.69) is 0 Å². The van der Waals surface area contributed by atoms with Gasteiger partial charge in [-0.3, -0.25) is 4.79 Å². The van der Waals surface area contributed by atoms with Gasteiger partial charge in [-0.1, -0.05) is 23.8 Å². The first-order chi connectivity index (χ1) is 15.4. The molecule has 1 atom stereocenters. The number of aryl methyl sites for hydroxylation is 1. The normalized spacial score (nSPS) is 20.2. The van der Waals surface area contributed by atoms with Crippen molar-refractivity contribution in [3.05, 3.63) is 59.7 Å². The summed E-state index contributed by atoms with van der Waals surface area (Å²) in [5.41, 5.74) is 1.56. The van der Waals surface area contributed by atoms with E-state index in [-0.39, 0.29) is 18.6 Å². The molecule has 172 valence electrons. The molecule has 0 bridgehead atoms. The Kier molecular flexibility index (Phi) is 7.13. The molecule has 8 heteroatoms. The summed E-state index contributed by atoms with van der Waals surface area (Å²) in [6, 6.07) is 14.0. The first-order valence-corrected chi connectivity index (χ1v) is 12.6. The molecule has 1 amide bonds. The number of sulfonamides is 1. The standard InChI is InChI=1S/C24H30N2O5S/c1-19-8-10-23(11-9-19)32(28,29)26-13-4-12-25(14-15-26)24(27)20-5-2-6-21(17-20)31-18-22-7-3-16-30-22/h2,5-6,8-11,17,22H,3-4,7,12-16,18H2,1H3. The summed E-state index contributed by atoms with van der Waals surface area (Å²) in [7, 11) is -3.57. The van der Waals surface area contributed by atoms with Crippen molar-refractivity contribution in [2.75, 3.05) is 39.4 Å². The number of carbonyl (C=O) groups excluding carboxylic acids is 1. The van der Waals surface area contributed by atoms with Crippen molar-refractivity contribution in [1.82, 2.24) is 9.21 Å². The highest BCUT2D eigenvalue weighted by Crippen LogP contribution is 2.21. The fourth-order valence-electron chi connectivity index (χ4n) is 4.06. The van der Waals surface area contributed by atoms with Crippen LogP contribution in [0.2, 0.25) is 0 Å². The molecule has 32 heavy (non-hydrogen) atoms. The molecule has 4 rings (SSSR count). The average molecular weight is 459 g/mol. The van der Waals surface area contributed by atoms with Crippen LogP contribution in [-0.4, -0.2) is 69.0 Å². The van der Waals surface area contributed by atoms with Crippen molar-refractivity contribution < 1.29 is 22.7 Å². The van der Waals surface area contributed by atoms with Gasteiger partial charge in [-0.25, -0.2) is 8.42 Å². The van der Waals surface area contributed by atoms with E-state index in [4.69, 9.17) is 9.47 Å². The van der Waals surface area contributed by atoms with Crippen LogP contribution >= 0.6 is 0 Å². The van der Waals surface area contributed by atoms with Gasteiger partial charge in [0.05, 0.1) is 11.0 Å². The summed E-state index contributed by atoms with van der Waals surface area (Å²) in [5.74, 6) is 0.534. The Morgan fingerprint density at radius 1 is 1.06 bits per heavy atom. The van der Waals surface area contributed by atoms with Crippen LogP contribution in [0.25, 0.3) is 0 Å². The molecule has 2 aliphatic rings. The van der Waals surface area contributed by atoms with Gasteiger partial charge in [-0.05, 0) is 56.5 Å². The van der Waals surface area contributed by atoms with Crippen molar-refractivity contribution in [3.8, 4) is 5.75 Å². The lowest BCUT2D eigenvalue weighted by atomic mass is 10.2. The summed E-state index contributed by atoms with van der Waals surface area (Å²) in [5, 5.41) is 0. The van der Waals surface area contributed by atoms with Crippen molar-refractivity contribution in [3.63, 3.8) is 0 Å². The molecule has 2 aromatic carbocycles. The van der Waals surface area contributed by atoms with E-state index in [1.165, 1.54) is 4.31 Å². The van der Waals surface area contributed by atoms with Crippen molar-refractivity contribution >= 4 is 15.9 Å². The first-order valence-electron chi connectivity index (χ1n) is 11.1. The van der Waals surface area contributed by atoms with E-state index >= 15 is 0 Å². The molecule has 2 saturated heterocycles. The summed E-state index contributed by atoms with van der Waals surface area (Å²) in [4.78, 5) is 15.1. The van der Waals surface area contributed by atoms with Gasteiger partial charge in [-0.2, -0.15) is 4.31 Å². The second-order valence-corrected chi connectivity index (χ2v) is 10.3. The summed E-state index contributed by atoms with van der Waals surface area (Å²) in [6.45, 7) is 4.71. The SMILES string of the molecule is Cc1ccc(S(=O)(=O)N2CCCN(C(=O)c3cccc(OCC4CCCO4)c3)CC2)cc1. The topological polar surface area (TPSA) is 76.2 Å². The van der Waals surface area contributed by atoms with E-state index in [0.29, 0.717) is 48.9 Å². The van der Waals surface area contributed by atoms with E-state index in [9.17, 15) is 13.2 Å². The lowest BCUT2D eigenvalue weighted by Crippen LogP contribution is -2.37. The molecule has 2 heterocycles. The zero-order chi connectivity index (χ0) is 22.6. The van der Waals surface area contributed by atoms with Gasteiger partial charge in [0.25, 0.3) is 5.91 Å². The molecule has 0 N–H and O–H groups in total. The molecule has 0 saturated carbocycles. The van der Waals surface area contributed by atoms with Gasteiger partial charge < -0.3 is 14.4 Å². The Morgan fingerprint density at radius 3 is 2.62 bits per heavy atom. The fraction of sp³-hybridized carbons (Fsp3) is 0.458. The number of amides is 1. The lowest BCUT2D eigenvalue weighted by molar-refractivity contribution is 0.0677. The van der Waals surface area contributed by atoms with Crippen LogP contribution in [0.4, 0.5) is 0 Å². The van der Waals surface area contributed by atoms with E-state index < -0.39 is 10.0 Å². The van der Waals surface area contributed by atoms with Crippen LogP contribution in [-0.2, 0) is 14.8 Å². The Morgan fingerprint density at radius 2 is 1.88 bits per heavy atom. The lowest BCUT2D eigenvalue weighted by Gasteiger charge is -2.22. The van der Waals surface area contributed by atoms with Crippen LogP contribution in [0.15, 0.2) is 53.4 Å². The molecule has 0 aliphatic carbocycles. The predicted octanol–water partition coefficient (Wildman–Crippen LogP) is 3.09. The molecule has 0 radical (unpaired) electrons. The summed E-state index contributed by atoms with van der Waals surface area (Å²) >= 11 is 0. The number of hydrogen-bond acceptors (Lipinski definition) is 5. The monoisotopic (exact) mass is 458 g/mol. The number of ether oxygens (including phenoxy) is 2. The molecule has 0 spiro atoms. The minimum atomic E-state index is -3.57. The van der Waals surface area contributed by atoms with Gasteiger partial charge in [0, 0.05) is 38.3 Å². The number of benzene rings is 2. The number of hydrogen-bond donors (Lipinski definition) is 0. The summed E-state index contributed by atoms with van der Waals surface area (Å²) < 4.78 is 38.9. The van der Waals surface area contributed by atoms with Gasteiger partial charge >= 0.3 is 0 Å². The molecule has 2 fully saturated rings. The maximum Gasteiger partial charge on any atom is 0.254 e. The zero-order valence-electron chi connectivity index (χ0n) is 18.4. The minimum absolute atomic E-state index is 0.109. The Labute approximate surface area is 190 Å². The van der Waals surface area contributed by atoms with Crippen LogP contribution in [0.5, 0.6) is 5.75 Å². The third kappa shape index (κ3) is 5.31. The second-order valence-electron chi connectivity index (χ2n) is 8.34. The Hall–Kier alpha value is -2.42. The molecule has 7 nitrogen and oxygen atoms in total. The van der Waals surface area contributed by atoms with Crippen molar-refractivity contribution in [2.24, 2.45) is 0 Å². The van der Waals surface area contributed by atoms with E-state index in [1.807, 2.05) is 19.1 Å². The Balaban J connectivity index is 1.39. The molecular formula is C24H30N2O5S. The highest BCUT2D eigenvalue weighted by atomic mass is 32.2. The third-order valence-corrected chi connectivity index (χ3v) is 7.85. The van der Waals surface area contributed by atoms with Gasteiger partial charge in [-0.15, -0.1) is 0 Å². The molecule has 0 aromatic heterocycles. The molecule has 1 unspecified atom stereocenters. The van der Waals surface area contributed by atoms with Crippen LogP contribution in [0.3, 0.4) is 0 Å². The van der Waals surface area contributed by atoms with Gasteiger partial charge in [0.1, 0.15) is 12.4 Å². The number of carbonyl (C=O) groups is 1. The van der Waals surface area contributed by atoms with Gasteiger partial charge in [0.2, 0.25) is 10.0 Å². The first kappa shape index (κ1) is 22.8. The van der Waals surface area contributed by atoms with Crippen molar-refractivity contribution in [1.29, 1.82) is 0 Å². The second kappa shape index (κ2) is 10.0. The molecule has 2 aromatic rings. The van der Waals surface area contributed by atoms with Crippen molar-refractivity contribution in [2.45, 2.75) is 37.2 Å². The Bertz CT molecular complexity index is 1030. The third-order valence-electron chi connectivity index (χ3n) is 5.94. The van der Waals surface area contributed by atoms with Gasteiger partial charge in [0.15, 0.2) is 0 Å². The number of nitrogens with zero attached hydrogens (tertiary/aromatic N) is 2. The zero-order valence-corrected chi connectivity index (χ0v) is 19.2. The smallest absolute Gasteiger partial charge is 0.254 e. The highest BCUT2D eigenvalue weighted by molar-refractivity contribution is 7.89. The maximum absolute atomic E-state index is 13.1. The largest absolute Gasteiger partial charge is 0.491 e. The number of rotatable bonds is 6.